The Morgan fingerprint density at radius 1 is 1.03 bits per heavy atom. The Kier molecular flexibility index (Phi) is 16.6. The third-order valence-corrected chi connectivity index (χ3v) is 4.92. The molecule has 1 saturated carbocycles. The van der Waals surface area contributed by atoms with Gasteiger partial charge < -0.3 is 15.8 Å². The molecule has 1 aliphatic carbocycles. The number of carbonyl (C=O) groups excluding carboxylic acids is 3. The fraction of sp³-hybridized carbons (Fsp3) is 0.870. The van der Waals surface area contributed by atoms with Crippen LogP contribution < -0.4 is 11.1 Å². The van der Waals surface area contributed by atoms with Gasteiger partial charge in [0.2, 0.25) is 11.8 Å². The summed E-state index contributed by atoms with van der Waals surface area (Å²) < 4.78 is 5.38. The molecular weight excluding hydrogens is 368 g/mol. The van der Waals surface area contributed by atoms with Gasteiger partial charge in [-0.05, 0) is 24.7 Å². The van der Waals surface area contributed by atoms with E-state index in [0.29, 0.717) is 43.6 Å². The molecular formula is C23H48N2O4. The zero-order chi connectivity index (χ0) is 22.1. The van der Waals surface area contributed by atoms with Gasteiger partial charge in [0, 0.05) is 47.8 Å². The monoisotopic (exact) mass is 416 g/mol. The predicted molar refractivity (Wildman–Crippen MR) is 122 cm³/mol. The number of rotatable bonds is 13. The molecule has 174 valence electrons. The molecule has 0 aliphatic heterocycles. The summed E-state index contributed by atoms with van der Waals surface area (Å²) in [5.74, 6) is 1.57. The van der Waals surface area contributed by atoms with Crippen LogP contribution in [-0.4, -0.2) is 37.4 Å². The quantitative estimate of drug-likeness (QED) is 0.432. The molecule has 1 rings (SSSR count). The molecule has 2 amide bonds. The van der Waals surface area contributed by atoms with E-state index in [-0.39, 0.29) is 27.0 Å². The number of nitrogens with one attached hydrogen (secondary N) is 1. The van der Waals surface area contributed by atoms with Gasteiger partial charge in [-0.3, -0.25) is 14.4 Å². The van der Waals surface area contributed by atoms with Crippen LogP contribution in [0.1, 0.15) is 94.8 Å². The van der Waals surface area contributed by atoms with E-state index < -0.39 is 0 Å². The molecule has 6 heteroatoms. The molecule has 0 heterocycles. The second-order valence-corrected chi connectivity index (χ2v) is 8.82. The zero-order valence-corrected chi connectivity index (χ0v) is 19.1. The van der Waals surface area contributed by atoms with Crippen molar-refractivity contribution in [3.8, 4) is 0 Å². The van der Waals surface area contributed by atoms with Crippen LogP contribution in [0.15, 0.2) is 0 Å². The molecule has 0 aromatic rings. The summed E-state index contributed by atoms with van der Waals surface area (Å²) in [6.45, 7) is 10.2. The third-order valence-electron chi connectivity index (χ3n) is 4.92. The standard InChI is InChI=1S/C12H24N2O3.C11H20O.2H2/c1-10(2)9-17-8-4-7-14-12(16)6-3-5-11(13)15;1-9(2)11(12)8-10-6-4-3-5-7-10;;/h10H,3-9H2,1-2H3,(H2,13,15)(H,14,16);9-10H,3-8H2,1-2H3;2*1H. The lowest BCUT2D eigenvalue weighted by molar-refractivity contribution is -0.123. The number of primary amides is 1. The Morgan fingerprint density at radius 2 is 1.69 bits per heavy atom. The van der Waals surface area contributed by atoms with Crippen LogP contribution in [0, 0.1) is 17.8 Å². The van der Waals surface area contributed by atoms with E-state index in [9.17, 15) is 14.4 Å². The van der Waals surface area contributed by atoms with Crippen LogP contribution in [0.3, 0.4) is 0 Å². The van der Waals surface area contributed by atoms with E-state index in [4.69, 9.17) is 10.5 Å². The highest BCUT2D eigenvalue weighted by atomic mass is 16.5. The van der Waals surface area contributed by atoms with Crippen LogP contribution in [-0.2, 0) is 19.1 Å². The first-order valence-corrected chi connectivity index (χ1v) is 11.4. The number of hydrogen-bond donors (Lipinski definition) is 2. The number of ketones is 1. The van der Waals surface area contributed by atoms with Gasteiger partial charge >= 0.3 is 0 Å². The van der Waals surface area contributed by atoms with E-state index in [0.717, 1.165) is 19.4 Å². The van der Waals surface area contributed by atoms with Gasteiger partial charge in [0.05, 0.1) is 0 Å². The lowest BCUT2D eigenvalue weighted by Gasteiger charge is -2.21. The van der Waals surface area contributed by atoms with Crippen molar-refractivity contribution in [3.63, 3.8) is 0 Å². The Labute approximate surface area is 180 Å². The molecule has 0 spiro atoms. The molecule has 0 unspecified atom stereocenters. The average Bonchev–Trinajstić information content (AvgIpc) is 2.65. The fourth-order valence-electron chi connectivity index (χ4n) is 3.14. The molecule has 0 saturated heterocycles. The SMILES string of the molecule is CC(C)C(=O)CC1CCCCC1.CC(C)COCCCNC(=O)CCCC(N)=O.[HH].[HH]. The minimum Gasteiger partial charge on any atom is -0.381 e. The van der Waals surface area contributed by atoms with Gasteiger partial charge in [-0.1, -0.05) is 59.8 Å². The number of nitrogens with two attached hydrogens (primary N) is 1. The number of ether oxygens (including phenoxy) is 1. The Hall–Kier alpha value is -1.43. The van der Waals surface area contributed by atoms with Crippen molar-refractivity contribution in [1.29, 1.82) is 0 Å². The van der Waals surface area contributed by atoms with Crippen LogP contribution in [0.4, 0.5) is 0 Å². The largest absolute Gasteiger partial charge is 0.381 e. The Morgan fingerprint density at radius 3 is 2.24 bits per heavy atom. The van der Waals surface area contributed by atoms with Crippen LogP contribution in [0.25, 0.3) is 0 Å². The predicted octanol–water partition coefficient (Wildman–Crippen LogP) is 4.49. The maximum atomic E-state index is 11.4. The zero-order valence-electron chi connectivity index (χ0n) is 19.1. The summed E-state index contributed by atoms with van der Waals surface area (Å²) in [5.41, 5.74) is 4.97. The normalized spacial score (nSPS) is 14.4. The second-order valence-electron chi connectivity index (χ2n) is 8.82. The summed E-state index contributed by atoms with van der Waals surface area (Å²) in [7, 11) is 0. The molecule has 0 bridgehead atoms. The summed E-state index contributed by atoms with van der Waals surface area (Å²) in [6.07, 6.45) is 9.45. The van der Waals surface area contributed by atoms with Crippen molar-refractivity contribution in [2.45, 2.75) is 91.9 Å². The first-order chi connectivity index (χ1) is 13.7. The lowest BCUT2D eigenvalue weighted by atomic mass is 9.84. The number of Topliss-reactive ketones (excluding diaryl/α,β-unsaturated/α-hetero) is 1. The maximum absolute atomic E-state index is 11.4. The van der Waals surface area contributed by atoms with Crippen molar-refractivity contribution in [3.05, 3.63) is 0 Å². The summed E-state index contributed by atoms with van der Waals surface area (Å²) in [6, 6.07) is 0. The topological polar surface area (TPSA) is 98.5 Å². The molecule has 3 N–H and O–H groups in total. The maximum Gasteiger partial charge on any atom is 0.220 e. The Balaban J connectivity index is -0.000000497. The lowest BCUT2D eigenvalue weighted by Crippen LogP contribution is -2.25. The van der Waals surface area contributed by atoms with Crippen molar-refractivity contribution < 1.29 is 22.0 Å². The number of carbonyl (C=O) groups is 3. The highest BCUT2D eigenvalue weighted by Gasteiger charge is 2.18. The minimum absolute atomic E-state index is 0. The van der Waals surface area contributed by atoms with Gasteiger partial charge in [-0.15, -0.1) is 0 Å². The van der Waals surface area contributed by atoms with Crippen LogP contribution in [0.5, 0.6) is 0 Å². The third kappa shape index (κ3) is 18.3. The molecule has 0 atom stereocenters. The van der Waals surface area contributed by atoms with Gasteiger partial charge in [0.15, 0.2) is 0 Å². The number of amides is 2. The molecule has 29 heavy (non-hydrogen) atoms. The van der Waals surface area contributed by atoms with Gasteiger partial charge in [-0.2, -0.15) is 0 Å². The van der Waals surface area contributed by atoms with Crippen molar-refractivity contribution >= 4 is 17.6 Å². The van der Waals surface area contributed by atoms with E-state index in [2.05, 4.69) is 19.2 Å². The summed E-state index contributed by atoms with van der Waals surface area (Å²) in [5, 5.41) is 2.77. The minimum atomic E-state index is -0.361. The average molecular weight is 417 g/mol. The van der Waals surface area contributed by atoms with E-state index in [1.165, 1.54) is 32.1 Å². The highest BCUT2D eigenvalue weighted by molar-refractivity contribution is 5.80. The Bertz CT molecular complexity index is 468. The smallest absolute Gasteiger partial charge is 0.220 e. The first kappa shape index (κ1) is 27.6. The molecule has 1 aliphatic rings. The summed E-state index contributed by atoms with van der Waals surface area (Å²) in [4.78, 5) is 33.1. The van der Waals surface area contributed by atoms with Gasteiger partial charge in [-0.25, -0.2) is 0 Å². The molecule has 0 radical (unpaired) electrons. The van der Waals surface area contributed by atoms with Crippen molar-refractivity contribution in [2.75, 3.05) is 19.8 Å². The van der Waals surface area contributed by atoms with Crippen molar-refractivity contribution in [2.24, 2.45) is 23.5 Å². The van der Waals surface area contributed by atoms with E-state index >= 15 is 0 Å². The molecule has 0 aromatic carbocycles. The van der Waals surface area contributed by atoms with Crippen molar-refractivity contribution in [1.82, 2.24) is 5.32 Å². The highest BCUT2D eigenvalue weighted by Crippen LogP contribution is 2.27. The van der Waals surface area contributed by atoms with Gasteiger partial charge in [0.1, 0.15) is 5.78 Å². The first-order valence-electron chi connectivity index (χ1n) is 11.4. The van der Waals surface area contributed by atoms with Gasteiger partial charge in [0.25, 0.3) is 0 Å². The van der Waals surface area contributed by atoms with E-state index in [1.54, 1.807) is 0 Å². The molecule has 0 aromatic heterocycles. The van der Waals surface area contributed by atoms with Crippen LogP contribution >= 0.6 is 0 Å². The summed E-state index contributed by atoms with van der Waals surface area (Å²) >= 11 is 0. The van der Waals surface area contributed by atoms with Crippen LogP contribution in [0.2, 0.25) is 0 Å². The second kappa shape index (κ2) is 17.4. The van der Waals surface area contributed by atoms with E-state index in [1.807, 2.05) is 13.8 Å². The fourth-order valence-corrected chi connectivity index (χ4v) is 3.14. The molecule has 1 fully saturated rings. The number of hydrogen-bond acceptors (Lipinski definition) is 4. The molecule has 6 nitrogen and oxygen atoms in total.